The molecule has 2 aromatic carbocycles. The summed E-state index contributed by atoms with van der Waals surface area (Å²) < 4.78 is 52.8. The Hall–Kier alpha value is -3.20. The molecule has 0 spiro atoms. The van der Waals surface area contributed by atoms with Crippen molar-refractivity contribution in [2.24, 2.45) is 12.5 Å². The first-order valence-corrected chi connectivity index (χ1v) is 12.7. The number of alkyl halides is 3. The summed E-state index contributed by atoms with van der Waals surface area (Å²) in [6.45, 7) is 3.63. The lowest BCUT2D eigenvalue weighted by Crippen LogP contribution is -2.46. The molecule has 0 aliphatic carbocycles. The summed E-state index contributed by atoms with van der Waals surface area (Å²) in [5, 5.41) is 4.60. The van der Waals surface area contributed by atoms with Crippen LogP contribution < -0.4 is 10.1 Å². The fraction of sp³-hybridized carbons (Fsp3) is 0.333. The first-order chi connectivity index (χ1) is 17.2. The quantitative estimate of drug-likeness (QED) is 0.279. The van der Waals surface area contributed by atoms with E-state index in [2.05, 4.69) is 15.3 Å². The van der Waals surface area contributed by atoms with Crippen LogP contribution in [0.15, 0.2) is 66.1 Å². The Morgan fingerprint density at radius 3 is 2.69 bits per heavy atom. The molecule has 0 radical (unpaired) electrons. The molecular formula is C27H27F3N4OS. The van der Waals surface area contributed by atoms with Gasteiger partial charge in [0.1, 0.15) is 5.75 Å². The Balaban J connectivity index is 1.64. The van der Waals surface area contributed by atoms with Crippen molar-refractivity contribution in [2.45, 2.75) is 37.6 Å². The number of para-hydroxylation sites is 1. The van der Waals surface area contributed by atoms with E-state index >= 15 is 13.2 Å². The minimum atomic E-state index is -4.52. The topological polar surface area (TPSA) is 52.0 Å². The number of rotatable bonds is 7. The third kappa shape index (κ3) is 4.40. The standard InChI is InChI=1S/C27H27F3N4OS/c1-17-10-11-19-21(32-17)8-5-9-22(19)33-24(20-7-4-6-18-12-15-35-23(18)20)26(2,27(28,29)30)16-36-25-31-13-14-34(25)3/h4-11,13-14,24,33H,12,15-16H2,1-3H3. The number of halogens is 3. The number of hydrogen-bond donors (Lipinski definition) is 1. The van der Waals surface area contributed by atoms with Gasteiger partial charge in [0, 0.05) is 53.9 Å². The van der Waals surface area contributed by atoms with Crippen molar-refractivity contribution < 1.29 is 17.9 Å². The van der Waals surface area contributed by atoms with E-state index in [9.17, 15) is 0 Å². The number of thioether (sulfide) groups is 1. The van der Waals surface area contributed by atoms with Gasteiger partial charge in [-0.3, -0.25) is 4.98 Å². The predicted molar refractivity (Wildman–Crippen MR) is 137 cm³/mol. The molecule has 36 heavy (non-hydrogen) atoms. The van der Waals surface area contributed by atoms with E-state index in [0.29, 0.717) is 35.2 Å². The number of aromatic nitrogens is 3. The summed E-state index contributed by atoms with van der Waals surface area (Å²) in [4.78, 5) is 8.79. The minimum absolute atomic E-state index is 0.231. The lowest BCUT2D eigenvalue weighted by molar-refractivity contribution is -0.215. The van der Waals surface area contributed by atoms with E-state index < -0.39 is 17.6 Å². The Kier molecular flexibility index (Phi) is 6.36. The third-order valence-electron chi connectivity index (χ3n) is 6.79. The summed E-state index contributed by atoms with van der Waals surface area (Å²) in [5.41, 5.74) is 1.43. The summed E-state index contributed by atoms with van der Waals surface area (Å²) in [5.74, 6) is 0.312. The fourth-order valence-corrected chi connectivity index (χ4v) is 5.78. The zero-order chi connectivity index (χ0) is 25.5. The second kappa shape index (κ2) is 9.35. The summed E-state index contributed by atoms with van der Waals surface area (Å²) in [6.07, 6.45) is -0.528. The van der Waals surface area contributed by atoms with Gasteiger partial charge >= 0.3 is 6.18 Å². The number of imidazole rings is 1. The number of benzene rings is 2. The van der Waals surface area contributed by atoms with Crippen LogP contribution >= 0.6 is 11.8 Å². The van der Waals surface area contributed by atoms with Crippen LogP contribution in [0.4, 0.5) is 18.9 Å². The highest BCUT2D eigenvalue weighted by atomic mass is 32.2. The highest BCUT2D eigenvalue weighted by molar-refractivity contribution is 7.99. The maximum atomic E-state index is 15.1. The molecule has 188 valence electrons. The monoisotopic (exact) mass is 512 g/mol. The smallest absolute Gasteiger partial charge is 0.397 e. The lowest BCUT2D eigenvalue weighted by Gasteiger charge is -2.40. The molecule has 0 bridgehead atoms. The van der Waals surface area contributed by atoms with Crippen molar-refractivity contribution >= 4 is 28.4 Å². The number of aryl methyl sites for hydroxylation is 2. The van der Waals surface area contributed by atoms with Gasteiger partial charge in [-0.2, -0.15) is 13.2 Å². The maximum absolute atomic E-state index is 15.1. The molecule has 2 unspecified atom stereocenters. The zero-order valence-corrected chi connectivity index (χ0v) is 21.1. The van der Waals surface area contributed by atoms with Gasteiger partial charge in [-0.25, -0.2) is 4.98 Å². The third-order valence-corrected chi connectivity index (χ3v) is 8.19. The van der Waals surface area contributed by atoms with Gasteiger partial charge in [-0.05, 0) is 43.7 Å². The van der Waals surface area contributed by atoms with Crippen LogP contribution in [0.1, 0.15) is 29.8 Å². The van der Waals surface area contributed by atoms with Crippen molar-refractivity contribution in [3.63, 3.8) is 0 Å². The van der Waals surface area contributed by atoms with Gasteiger partial charge in [-0.15, -0.1) is 0 Å². The van der Waals surface area contributed by atoms with E-state index in [4.69, 9.17) is 4.74 Å². The van der Waals surface area contributed by atoms with Crippen LogP contribution in [-0.2, 0) is 13.5 Å². The predicted octanol–water partition coefficient (Wildman–Crippen LogP) is 6.73. The van der Waals surface area contributed by atoms with Crippen molar-refractivity contribution in [1.82, 2.24) is 14.5 Å². The SMILES string of the molecule is Cc1ccc2c(NC(c3cccc4c3OCC4)C(C)(CSc3nccn3C)C(F)(F)F)cccc2n1. The molecule has 0 amide bonds. The highest BCUT2D eigenvalue weighted by Gasteiger charge is 2.57. The summed E-state index contributed by atoms with van der Waals surface area (Å²) in [7, 11) is 1.78. The van der Waals surface area contributed by atoms with E-state index in [1.807, 2.05) is 43.3 Å². The molecule has 9 heteroatoms. The van der Waals surface area contributed by atoms with Gasteiger partial charge < -0.3 is 14.6 Å². The van der Waals surface area contributed by atoms with E-state index in [-0.39, 0.29) is 5.75 Å². The molecule has 0 fully saturated rings. The molecule has 1 aliphatic rings. The maximum Gasteiger partial charge on any atom is 0.397 e. The number of anilines is 1. The first kappa shape index (κ1) is 24.5. The van der Waals surface area contributed by atoms with E-state index in [1.54, 1.807) is 36.1 Å². The Morgan fingerprint density at radius 1 is 1.14 bits per heavy atom. The molecule has 2 atom stereocenters. The average molecular weight is 513 g/mol. The summed E-state index contributed by atoms with van der Waals surface area (Å²) >= 11 is 1.10. The van der Waals surface area contributed by atoms with Gasteiger partial charge in [0.2, 0.25) is 0 Å². The molecular weight excluding hydrogens is 485 g/mol. The fourth-order valence-electron chi connectivity index (χ4n) is 4.62. The van der Waals surface area contributed by atoms with Crippen LogP contribution in [0.25, 0.3) is 10.9 Å². The van der Waals surface area contributed by atoms with Crippen LogP contribution in [-0.4, -0.2) is 33.1 Å². The molecule has 1 aliphatic heterocycles. The second-order valence-electron chi connectivity index (χ2n) is 9.36. The normalized spacial score (nSPS) is 15.8. The van der Waals surface area contributed by atoms with E-state index in [1.165, 1.54) is 6.92 Å². The molecule has 0 saturated carbocycles. The number of nitrogens with one attached hydrogen (secondary N) is 1. The molecule has 0 saturated heterocycles. The molecule has 5 rings (SSSR count). The molecule has 3 heterocycles. The molecule has 4 aromatic rings. The number of pyridine rings is 1. The minimum Gasteiger partial charge on any atom is -0.493 e. The highest BCUT2D eigenvalue weighted by Crippen LogP contribution is 2.53. The largest absolute Gasteiger partial charge is 0.493 e. The lowest BCUT2D eigenvalue weighted by atomic mass is 9.78. The van der Waals surface area contributed by atoms with Gasteiger partial charge in [0.15, 0.2) is 5.16 Å². The zero-order valence-electron chi connectivity index (χ0n) is 20.3. The average Bonchev–Trinajstić information content (AvgIpc) is 3.48. The van der Waals surface area contributed by atoms with Crippen LogP contribution in [0, 0.1) is 12.3 Å². The van der Waals surface area contributed by atoms with Crippen molar-refractivity contribution in [1.29, 1.82) is 0 Å². The van der Waals surface area contributed by atoms with Crippen LogP contribution in [0.2, 0.25) is 0 Å². The summed E-state index contributed by atoms with van der Waals surface area (Å²) in [6, 6.07) is 13.6. The second-order valence-corrected chi connectivity index (χ2v) is 10.3. The molecule has 1 N–H and O–H groups in total. The molecule has 5 nitrogen and oxygen atoms in total. The van der Waals surface area contributed by atoms with Gasteiger partial charge in [-0.1, -0.05) is 36.0 Å². The Labute approximate surface area is 212 Å². The number of ether oxygens (including phenoxy) is 1. The Morgan fingerprint density at radius 2 is 1.94 bits per heavy atom. The van der Waals surface area contributed by atoms with Crippen LogP contribution in [0.3, 0.4) is 0 Å². The number of fused-ring (bicyclic) bond motifs is 2. The van der Waals surface area contributed by atoms with Crippen molar-refractivity contribution in [3.8, 4) is 5.75 Å². The van der Waals surface area contributed by atoms with Gasteiger partial charge in [0.05, 0.1) is 23.6 Å². The van der Waals surface area contributed by atoms with Crippen molar-refractivity contribution in [2.75, 3.05) is 17.7 Å². The molecule has 2 aromatic heterocycles. The van der Waals surface area contributed by atoms with Crippen LogP contribution in [0.5, 0.6) is 5.75 Å². The van der Waals surface area contributed by atoms with Gasteiger partial charge in [0.25, 0.3) is 0 Å². The number of nitrogens with zero attached hydrogens (tertiary/aromatic N) is 3. The first-order valence-electron chi connectivity index (χ1n) is 11.7. The van der Waals surface area contributed by atoms with E-state index in [0.717, 1.165) is 33.9 Å². The number of hydrogen-bond acceptors (Lipinski definition) is 5. The van der Waals surface area contributed by atoms with Crippen molar-refractivity contribution in [3.05, 3.63) is 77.7 Å². The Bertz CT molecular complexity index is 1400.